The lowest BCUT2D eigenvalue weighted by Crippen LogP contribution is -2.41. The highest BCUT2D eigenvalue weighted by molar-refractivity contribution is 7.09. The largest absolute Gasteiger partial charge is 0.452 e. The number of amides is 3. The first-order valence-electron chi connectivity index (χ1n) is 7.09. The average Bonchev–Trinajstić information content (AvgIpc) is 3.07. The number of thiophene rings is 1. The number of benzene rings is 1. The molecule has 0 saturated carbocycles. The van der Waals surface area contributed by atoms with Crippen molar-refractivity contribution in [2.75, 3.05) is 12.3 Å². The zero-order valence-electron chi connectivity index (χ0n) is 13.0. The molecule has 1 aromatic heterocycles. The number of hydrogen-bond donors (Lipinski definition) is 3. The highest BCUT2D eigenvalue weighted by atomic mass is 32.1. The highest BCUT2D eigenvalue weighted by Crippen LogP contribution is 2.17. The maximum absolute atomic E-state index is 11.9. The number of imide groups is 1. The maximum Gasteiger partial charge on any atom is 0.340 e. The van der Waals surface area contributed by atoms with E-state index in [1.165, 1.54) is 17.4 Å². The fraction of sp³-hybridized carbons (Fsp3) is 0.188. The predicted octanol–water partition coefficient (Wildman–Crippen LogP) is 1.82. The smallest absolute Gasteiger partial charge is 0.340 e. The van der Waals surface area contributed by atoms with Crippen LogP contribution in [0, 0.1) is 6.92 Å². The molecule has 2 rings (SSSR count). The summed E-state index contributed by atoms with van der Waals surface area (Å²) in [6, 6.07) is 8.01. The fourth-order valence-corrected chi connectivity index (χ4v) is 2.50. The van der Waals surface area contributed by atoms with E-state index in [0.29, 0.717) is 12.2 Å². The van der Waals surface area contributed by atoms with Gasteiger partial charge in [0.2, 0.25) is 0 Å². The lowest BCUT2D eigenvalue weighted by Gasteiger charge is -2.09. The van der Waals surface area contributed by atoms with Crippen molar-refractivity contribution in [3.63, 3.8) is 0 Å². The maximum atomic E-state index is 11.9. The molecule has 0 unspecified atom stereocenters. The molecule has 0 saturated heterocycles. The number of anilines is 1. The summed E-state index contributed by atoms with van der Waals surface area (Å²) in [6.45, 7) is 1.51. The Morgan fingerprint density at radius 3 is 2.71 bits per heavy atom. The third kappa shape index (κ3) is 4.82. The first-order chi connectivity index (χ1) is 11.5. The fourth-order valence-electron chi connectivity index (χ4n) is 1.85. The quantitative estimate of drug-likeness (QED) is 0.564. The van der Waals surface area contributed by atoms with Crippen molar-refractivity contribution < 1.29 is 19.1 Å². The highest BCUT2D eigenvalue weighted by Gasteiger charge is 2.15. The van der Waals surface area contributed by atoms with E-state index in [1.54, 1.807) is 19.1 Å². The number of nitrogens with one attached hydrogen (secondary N) is 2. The van der Waals surface area contributed by atoms with E-state index in [0.717, 1.165) is 10.4 Å². The summed E-state index contributed by atoms with van der Waals surface area (Å²) >= 11 is 1.49. The summed E-state index contributed by atoms with van der Waals surface area (Å²) in [4.78, 5) is 36.1. The van der Waals surface area contributed by atoms with Gasteiger partial charge in [0.1, 0.15) is 0 Å². The second-order valence-electron chi connectivity index (χ2n) is 4.92. The van der Waals surface area contributed by atoms with Gasteiger partial charge in [-0.2, -0.15) is 0 Å². The van der Waals surface area contributed by atoms with Crippen LogP contribution >= 0.6 is 11.3 Å². The number of hydrogen-bond acceptors (Lipinski definition) is 6. The third-order valence-corrected chi connectivity index (χ3v) is 4.01. The number of para-hydroxylation sites is 1. The standard InChI is InChI=1S/C16H17N3O4S/c1-10-4-2-6-12(14(10)17)15(21)23-9-13(20)19-16(22)18-8-11-5-3-7-24-11/h2-7H,8-9,17H2,1H3,(H2,18,19,20,22). The zero-order chi connectivity index (χ0) is 17.5. The number of esters is 1. The predicted molar refractivity (Wildman–Crippen MR) is 90.6 cm³/mol. The number of ether oxygens (including phenoxy) is 1. The normalized spacial score (nSPS) is 10.0. The van der Waals surface area contributed by atoms with Gasteiger partial charge < -0.3 is 15.8 Å². The third-order valence-electron chi connectivity index (χ3n) is 3.13. The molecule has 2 aromatic rings. The minimum atomic E-state index is -0.724. The minimum Gasteiger partial charge on any atom is -0.452 e. The Balaban J connectivity index is 1.77. The Kier molecular flexibility index (Phi) is 5.91. The van der Waals surface area contributed by atoms with Crippen molar-refractivity contribution in [1.82, 2.24) is 10.6 Å². The number of carbonyl (C=O) groups excluding carboxylic acids is 3. The molecular formula is C16H17N3O4S. The summed E-state index contributed by atoms with van der Waals surface area (Å²) in [6.07, 6.45) is 0. The van der Waals surface area contributed by atoms with E-state index >= 15 is 0 Å². The Bertz CT molecular complexity index is 744. The van der Waals surface area contributed by atoms with E-state index in [4.69, 9.17) is 10.5 Å². The molecule has 1 aromatic carbocycles. The van der Waals surface area contributed by atoms with Crippen molar-refractivity contribution >= 4 is 34.9 Å². The van der Waals surface area contributed by atoms with E-state index in [-0.39, 0.29) is 5.56 Å². The summed E-state index contributed by atoms with van der Waals surface area (Å²) in [5.41, 5.74) is 7.02. The second-order valence-corrected chi connectivity index (χ2v) is 5.95. The van der Waals surface area contributed by atoms with Gasteiger partial charge in [0.15, 0.2) is 6.61 Å². The Morgan fingerprint density at radius 2 is 2.00 bits per heavy atom. The molecule has 0 aliphatic rings. The van der Waals surface area contributed by atoms with E-state index in [9.17, 15) is 14.4 Å². The van der Waals surface area contributed by atoms with Crippen LogP contribution in [0.2, 0.25) is 0 Å². The van der Waals surface area contributed by atoms with Gasteiger partial charge in [-0.25, -0.2) is 9.59 Å². The minimum absolute atomic E-state index is 0.185. The van der Waals surface area contributed by atoms with Crippen molar-refractivity contribution in [2.24, 2.45) is 0 Å². The molecular weight excluding hydrogens is 330 g/mol. The lowest BCUT2D eigenvalue weighted by molar-refractivity contribution is -0.123. The molecule has 8 heteroatoms. The van der Waals surface area contributed by atoms with Gasteiger partial charge in [-0.05, 0) is 30.0 Å². The van der Waals surface area contributed by atoms with Crippen LogP contribution < -0.4 is 16.4 Å². The molecule has 0 aliphatic heterocycles. The van der Waals surface area contributed by atoms with Gasteiger partial charge in [0.05, 0.1) is 12.1 Å². The van der Waals surface area contributed by atoms with Gasteiger partial charge >= 0.3 is 12.0 Å². The van der Waals surface area contributed by atoms with Gasteiger partial charge in [-0.15, -0.1) is 11.3 Å². The van der Waals surface area contributed by atoms with Crippen LogP contribution in [0.1, 0.15) is 20.8 Å². The number of nitrogens with two attached hydrogens (primary N) is 1. The van der Waals surface area contributed by atoms with E-state index in [1.807, 2.05) is 17.5 Å². The molecule has 7 nitrogen and oxygen atoms in total. The zero-order valence-corrected chi connectivity index (χ0v) is 13.8. The van der Waals surface area contributed by atoms with Gasteiger partial charge in [0, 0.05) is 10.6 Å². The molecule has 1 heterocycles. The number of carbonyl (C=O) groups is 3. The summed E-state index contributed by atoms with van der Waals surface area (Å²) in [5, 5.41) is 6.50. The topological polar surface area (TPSA) is 111 Å². The van der Waals surface area contributed by atoms with Crippen LogP contribution in [0.25, 0.3) is 0 Å². The van der Waals surface area contributed by atoms with E-state index in [2.05, 4.69) is 10.6 Å². The molecule has 0 fully saturated rings. The Labute approximate surface area is 142 Å². The average molecular weight is 347 g/mol. The van der Waals surface area contributed by atoms with Crippen LogP contribution in [-0.4, -0.2) is 24.5 Å². The van der Waals surface area contributed by atoms with Crippen LogP contribution in [-0.2, 0) is 16.1 Å². The van der Waals surface area contributed by atoms with Crippen LogP contribution in [0.15, 0.2) is 35.7 Å². The molecule has 0 atom stereocenters. The molecule has 126 valence electrons. The summed E-state index contributed by atoms with van der Waals surface area (Å²) in [7, 11) is 0. The molecule has 24 heavy (non-hydrogen) atoms. The monoisotopic (exact) mass is 347 g/mol. The number of urea groups is 1. The van der Waals surface area contributed by atoms with Crippen molar-refractivity contribution in [1.29, 1.82) is 0 Å². The molecule has 0 bridgehead atoms. The SMILES string of the molecule is Cc1cccc(C(=O)OCC(=O)NC(=O)NCc2cccs2)c1N. The van der Waals surface area contributed by atoms with Gasteiger partial charge in [0.25, 0.3) is 5.91 Å². The molecule has 0 spiro atoms. The Morgan fingerprint density at radius 1 is 1.21 bits per heavy atom. The number of nitrogen functional groups attached to an aromatic ring is 1. The molecule has 0 radical (unpaired) electrons. The van der Waals surface area contributed by atoms with Crippen molar-refractivity contribution in [3.05, 3.63) is 51.7 Å². The Hall–Kier alpha value is -2.87. The van der Waals surface area contributed by atoms with Crippen LogP contribution in [0.5, 0.6) is 0 Å². The molecule has 4 N–H and O–H groups in total. The van der Waals surface area contributed by atoms with Crippen LogP contribution in [0.3, 0.4) is 0 Å². The summed E-state index contributed by atoms with van der Waals surface area (Å²) < 4.78 is 4.87. The van der Waals surface area contributed by atoms with Gasteiger partial charge in [-0.1, -0.05) is 18.2 Å². The van der Waals surface area contributed by atoms with Crippen molar-refractivity contribution in [2.45, 2.75) is 13.5 Å². The van der Waals surface area contributed by atoms with Gasteiger partial charge in [-0.3, -0.25) is 10.1 Å². The van der Waals surface area contributed by atoms with Crippen molar-refractivity contribution in [3.8, 4) is 0 Å². The first kappa shape index (κ1) is 17.5. The molecule has 3 amide bonds. The summed E-state index contributed by atoms with van der Waals surface area (Å²) in [5.74, 6) is -1.44. The van der Waals surface area contributed by atoms with E-state index < -0.39 is 24.5 Å². The molecule has 0 aliphatic carbocycles. The number of aryl methyl sites for hydroxylation is 1. The second kappa shape index (κ2) is 8.11. The first-order valence-corrected chi connectivity index (χ1v) is 7.97. The lowest BCUT2D eigenvalue weighted by atomic mass is 10.1. The number of rotatable bonds is 5. The van der Waals surface area contributed by atoms with Crippen LogP contribution in [0.4, 0.5) is 10.5 Å².